The SMILES string of the molecule is C=CC(O)CCc1ccccn1. The standard InChI is InChI=1S/C10H13NO/c1-2-10(12)7-6-9-5-3-4-8-11-9/h2-5,8,10,12H,1,6-7H2. The van der Waals surface area contributed by atoms with E-state index in [-0.39, 0.29) is 0 Å². The fourth-order valence-corrected chi connectivity index (χ4v) is 0.960. The normalized spacial score (nSPS) is 12.4. The van der Waals surface area contributed by atoms with Crippen molar-refractivity contribution in [1.82, 2.24) is 4.98 Å². The van der Waals surface area contributed by atoms with Crippen molar-refractivity contribution in [3.05, 3.63) is 42.7 Å². The fraction of sp³-hybridized carbons (Fsp3) is 0.300. The predicted octanol–water partition coefficient (Wildman–Crippen LogP) is 1.56. The van der Waals surface area contributed by atoms with Crippen LogP contribution in [0, 0.1) is 0 Å². The van der Waals surface area contributed by atoms with E-state index in [1.165, 1.54) is 0 Å². The number of aryl methyl sites for hydroxylation is 1. The Hall–Kier alpha value is -1.15. The minimum absolute atomic E-state index is 0.410. The molecule has 2 heteroatoms. The highest BCUT2D eigenvalue weighted by Gasteiger charge is 1.98. The van der Waals surface area contributed by atoms with Crippen molar-refractivity contribution < 1.29 is 5.11 Å². The van der Waals surface area contributed by atoms with Gasteiger partial charge in [-0.2, -0.15) is 0 Å². The van der Waals surface area contributed by atoms with Crippen molar-refractivity contribution in [3.8, 4) is 0 Å². The number of hydrogen-bond acceptors (Lipinski definition) is 2. The number of pyridine rings is 1. The maximum Gasteiger partial charge on any atom is 0.0722 e. The zero-order chi connectivity index (χ0) is 8.81. The number of hydrogen-bond donors (Lipinski definition) is 1. The molecule has 0 aliphatic heterocycles. The van der Waals surface area contributed by atoms with Crippen LogP contribution in [-0.4, -0.2) is 16.2 Å². The van der Waals surface area contributed by atoms with Gasteiger partial charge in [0, 0.05) is 11.9 Å². The summed E-state index contributed by atoms with van der Waals surface area (Å²) in [5, 5.41) is 9.17. The number of aromatic nitrogens is 1. The van der Waals surface area contributed by atoms with Crippen molar-refractivity contribution in [2.45, 2.75) is 18.9 Å². The molecule has 0 aromatic carbocycles. The van der Waals surface area contributed by atoms with Gasteiger partial charge in [0.2, 0.25) is 0 Å². The third-order valence-corrected chi connectivity index (χ3v) is 1.69. The molecule has 0 bridgehead atoms. The molecular formula is C10H13NO. The third kappa shape index (κ3) is 2.84. The van der Waals surface area contributed by atoms with Gasteiger partial charge in [0.05, 0.1) is 6.10 Å². The summed E-state index contributed by atoms with van der Waals surface area (Å²) in [5.74, 6) is 0. The van der Waals surface area contributed by atoms with Crippen LogP contribution in [0.3, 0.4) is 0 Å². The summed E-state index contributed by atoms with van der Waals surface area (Å²) in [4.78, 5) is 4.14. The van der Waals surface area contributed by atoms with E-state index < -0.39 is 6.10 Å². The minimum atomic E-state index is -0.410. The molecule has 0 aliphatic carbocycles. The second-order valence-electron chi connectivity index (χ2n) is 2.66. The van der Waals surface area contributed by atoms with Crippen LogP contribution >= 0.6 is 0 Å². The highest BCUT2D eigenvalue weighted by molar-refractivity contribution is 5.03. The number of nitrogens with zero attached hydrogens (tertiary/aromatic N) is 1. The monoisotopic (exact) mass is 163 g/mol. The van der Waals surface area contributed by atoms with Gasteiger partial charge in [0.25, 0.3) is 0 Å². The Morgan fingerprint density at radius 1 is 1.58 bits per heavy atom. The lowest BCUT2D eigenvalue weighted by Crippen LogP contribution is -2.03. The molecule has 1 rings (SSSR count). The summed E-state index contributed by atoms with van der Waals surface area (Å²) in [6, 6.07) is 5.78. The number of aliphatic hydroxyl groups excluding tert-OH is 1. The van der Waals surface area contributed by atoms with Crippen molar-refractivity contribution in [2.24, 2.45) is 0 Å². The van der Waals surface area contributed by atoms with Gasteiger partial charge in [0.15, 0.2) is 0 Å². The van der Waals surface area contributed by atoms with Crippen LogP contribution in [0.4, 0.5) is 0 Å². The molecule has 12 heavy (non-hydrogen) atoms. The molecule has 0 spiro atoms. The van der Waals surface area contributed by atoms with E-state index in [0.717, 1.165) is 12.1 Å². The highest BCUT2D eigenvalue weighted by atomic mass is 16.3. The summed E-state index contributed by atoms with van der Waals surface area (Å²) >= 11 is 0. The summed E-state index contributed by atoms with van der Waals surface area (Å²) in [6.45, 7) is 3.50. The smallest absolute Gasteiger partial charge is 0.0722 e. The maximum absolute atomic E-state index is 9.17. The molecule has 0 aliphatic rings. The zero-order valence-electron chi connectivity index (χ0n) is 6.98. The Kier molecular flexibility index (Phi) is 3.48. The van der Waals surface area contributed by atoms with Crippen molar-refractivity contribution in [1.29, 1.82) is 0 Å². The fourth-order valence-electron chi connectivity index (χ4n) is 0.960. The molecule has 0 amide bonds. The minimum Gasteiger partial charge on any atom is -0.389 e. The molecular weight excluding hydrogens is 150 g/mol. The molecule has 0 saturated carbocycles. The summed E-state index contributed by atoms with van der Waals surface area (Å²) in [5.41, 5.74) is 1.01. The lowest BCUT2D eigenvalue weighted by molar-refractivity contribution is 0.213. The van der Waals surface area contributed by atoms with Gasteiger partial charge >= 0.3 is 0 Å². The zero-order valence-corrected chi connectivity index (χ0v) is 6.98. The second kappa shape index (κ2) is 4.67. The topological polar surface area (TPSA) is 33.1 Å². The van der Waals surface area contributed by atoms with Crippen LogP contribution in [0.1, 0.15) is 12.1 Å². The van der Waals surface area contributed by atoms with Crippen LogP contribution in [0.5, 0.6) is 0 Å². The number of rotatable bonds is 4. The van der Waals surface area contributed by atoms with Gasteiger partial charge < -0.3 is 5.11 Å². The molecule has 0 saturated heterocycles. The first-order valence-electron chi connectivity index (χ1n) is 4.03. The predicted molar refractivity (Wildman–Crippen MR) is 48.8 cm³/mol. The Bertz CT molecular complexity index is 233. The Morgan fingerprint density at radius 3 is 3.00 bits per heavy atom. The highest BCUT2D eigenvalue weighted by Crippen LogP contribution is 2.01. The van der Waals surface area contributed by atoms with Gasteiger partial charge in [-0.25, -0.2) is 0 Å². The molecule has 0 fully saturated rings. The summed E-state index contributed by atoms with van der Waals surface area (Å²) in [6.07, 6.45) is 4.39. The van der Waals surface area contributed by atoms with Crippen molar-refractivity contribution in [2.75, 3.05) is 0 Å². The molecule has 1 N–H and O–H groups in total. The molecule has 0 radical (unpaired) electrons. The quantitative estimate of drug-likeness (QED) is 0.683. The van der Waals surface area contributed by atoms with E-state index in [9.17, 15) is 5.11 Å². The van der Waals surface area contributed by atoms with Crippen molar-refractivity contribution in [3.63, 3.8) is 0 Å². The molecule has 1 atom stereocenters. The third-order valence-electron chi connectivity index (χ3n) is 1.69. The van der Waals surface area contributed by atoms with Crippen molar-refractivity contribution >= 4 is 0 Å². The molecule has 1 heterocycles. The summed E-state index contributed by atoms with van der Waals surface area (Å²) < 4.78 is 0. The Morgan fingerprint density at radius 2 is 2.42 bits per heavy atom. The van der Waals surface area contributed by atoms with E-state index in [1.54, 1.807) is 12.3 Å². The first-order valence-corrected chi connectivity index (χ1v) is 4.03. The lowest BCUT2D eigenvalue weighted by atomic mass is 10.1. The molecule has 64 valence electrons. The van der Waals surface area contributed by atoms with E-state index in [0.29, 0.717) is 6.42 Å². The van der Waals surface area contributed by atoms with E-state index in [2.05, 4.69) is 11.6 Å². The van der Waals surface area contributed by atoms with Gasteiger partial charge in [-0.05, 0) is 25.0 Å². The summed E-state index contributed by atoms with van der Waals surface area (Å²) in [7, 11) is 0. The van der Waals surface area contributed by atoms with Crippen LogP contribution in [0.15, 0.2) is 37.1 Å². The maximum atomic E-state index is 9.17. The van der Waals surface area contributed by atoms with Gasteiger partial charge in [-0.15, -0.1) is 6.58 Å². The van der Waals surface area contributed by atoms with E-state index in [1.807, 2.05) is 18.2 Å². The first-order chi connectivity index (χ1) is 5.83. The van der Waals surface area contributed by atoms with Gasteiger partial charge in [-0.1, -0.05) is 12.1 Å². The van der Waals surface area contributed by atoms with Crippen LogP contribution in [0.25, 0.3) is 0 Å². The molecule has 2 nitrogen and oxygen atoms in total. The largest absolute Gasteiger partial charge is 0.389 e. The average molecular weight is 163 g/mol. The first kappa shape index (κ1) is 8.94. The van der Waals surface area contributed by atoms with Crippen LogP contribution < -0.4 is 0 Å². The van der Waals surface area contributed by atoms with Crippen LogP contribution in [-0.2, 0) is 6.42 Å². The van der Waals surface area contributed by atoms with Gasteiger partial charge in [-0.3, -0.25) is 4.98 Å². The van der Waals surface area contributed by atoms with E-state index in [4.69, 9.17) is 0 Å². The molecule has 1 aromatic rings. The Balaban J connectivity index is 2.38. The molecule has 1 unspecified atom stereocenters. The molecule has 1 aromatic heterocycles. The lowest BCUT2D eigenvalue weighted by Gasteiger charge is -2.03. The average Bonchev–Trinajstić information content (AvgIpc) is 2.16. The van der Waals surface area contributed by atoms with E-state index >= 15 is 0 Å². The van der Waals surface area contributed by atoms with Crippen LogP contribution in [0.2, 0.25) is 0 Å². The number of aliphatic hydroxyl groups is 1. The second-order valence-corrected chi connectivity index (χ2v) is 2.66. The Labute approximate surface area is 72.6 Å². The van der Waals surface area contributed by atoms with Gasteiger partial charge in [0.1, 0.15) is 0 Å².